The summed E-state index contributed by atoms with van der Waals surface area (Å²) < 4.78 is 14.9. The Labute approximate surface area is 207 Å². The van der Waals surface area contributed by atoms with Gasteiger partial charge in [-0.05, 0) is 62.9 Å². The maximum Gasteiger partial charge on any atom is 0.251 e. The molecule has 180 valence electrons. The highest BCUT2D eigenvalue weighted by atomic mass is 32.2. The number of nitrogens with two attached hydrogens (primary N) is 1. The number of thioether (sulfide) groups is 1. The zero-order valence-electron chi connectivity index (χ0n) is 19.5. The Hall–Kier alpha value is -2.46. The van der Waals surface area contributed by atoms with Gasteiger partial charge < -0.3 is 16.2 Å². The highest BCUT2D eigenvalue weighted by Crippen LogP contribution is 2.38. The predicted molar refractivity (Wildman–Crippen MR) is 138 cm³/mol. The molecule has 1 fully saturated rings. The van der Waals surface area contributed by atoms with Crippen LogP contribution in [0.3, 0.4) is 0 Å². The van der Waals surface area contributed by atoms with Crippen LogP contribution in [0.1, 0.15) is 41.9 Å². The number of carbonyl (C=O) groups excluding carboxylic acids is 1. The lowest BCUT2D eigenvalue weighted by molar-refractivity contribution is 0.0782. The zero-order chi connectivity index (χ0) is 24.5. The molecule has 0 aliphatic carbocycles. The van der Waals surface area contributed by atoms with Crippen LogP contribution in [0.15, 0.2) is 42.5 Å². The van der Waals surface area contributed by atoms with Crippen LogP contribution >= 0.6 is 23.1 Å². The number of benzene rings is 1. The summed E-state index contributed by atoms with van der Waals surface area (Å²) in [4.78, 5) is 19.8. The van der Waals surface area contributed by atoms with Crippen LogP contribution in [0.2, 0.25) is 0 Å². The fourth-order valence-electron chi connectivity index (χ4n) is 4.01. The number of nitrogens with zero attached hydrogens (tertiary/aromatic N) is 2. The lowest BCUT2D eigenvalue weighted by Gasteiger charge is -2.18. The van der Waals surface area contributed by atoms with E-state index in [9.17, 15) is 14.3 Å². The molecular formula is C25H29FN4O2S2. The van der Waals surface area contributed by atoms with E-state index < -0.39 is 17.3 Å². The Balaban J connectivity index is 1.57. The van der Waals surface area contributed by atoms with Gasteiger partial charge in [0.1, 0.15) is 16.6 Å². The number of rotatable bonds is 8. The van der Waals surface area contributed by atoms with Crippen LogP contribution in [0, 0.1) is 5.82 Å². The van der Waals surface area contributed by atoms with Gasteiger partial charge in [-0.2, -0.15) is 11.8 Å². The Kier molecular flexibility index (Phi) is 7.28. The van der Waals surface area contributed by atoms with Crippen molar-refractivity contribution in [3.05, 3.63) is 65.1 Å². The van der Waals surface area contributed by atoms with E-state index >= 15 is 0 Å². The fraction of sp³-hybridized carbons (Fsp3) is 0.360. The summed E-state index contributed by atoms with van der Waals surface area (Å²) in [6.45, 7) is 6.09. The van der Waals surface area contributed by atoms with Gasteiger partial charge in [0.25, 0.3) is 5.91 Å². The number of carbonyl (C=O) groups is 1. The van der Waals surface area contributed by atoms with Crippen molar-refractivity contribution in [2.24, 2.45) is 5.73 Å². The molecule has 1 aliphatic rings. The highest BCUT2D eigenvalue weighted by molar-refractivity contribution is 7.99. The summed E-state index contributed by atoms with van der Waals surface area (Å²) >= 11 is 3.14. The number of thiophene rings is 1. The topological polar surface area (TPSA) is 91.5 Å². The number of likely N-dealkylation sites (tertiary alicyclic amines) is 1. The van der Waals surface area contributed by atoms with Crippen molar-refractivity contribution in [2.75, 3.05) is 24.7 Å². The van der Waals surface area contributed by atoms with Crippen molar-refractivity contribution in [3.8, 4) is 10.4 Å². The second-order valence-electron chi connectivity index (χ2n) is 8.99. The van der Waals surface area contributed by atoms with Gasteiger partial charge >= 0.3 is 0 Å². The molecule has 3 aromatic rings. The number of primary amides is 1. The second kappa shape index (κ2) is 10.0. The van der Waals surface area contributed by atoms with E-state index in [0.717, 1.165) is 25.3 Å². The third kappa shape index (κ3) is 5.60. The lowest BCUT2D eigenvalue weighted by Crippen LogP contribution is -2.21. The zero-order valence-corrected chi connectivity index (χ0v) is 21.1. The summed E-state index contributed by atoms with van der Waals surface area (Å²) in [6.07, 6.45) is 3.34. The monoisotopic (exact) mass is 500 g/mol. The van der Waals surface area contributed by atoms with Crippen molar-refractivity contribution >= 4 is 39.8 Å². The second-order valence-corrected chi connectivity index (χ2v) is 11.2. The molecule has 1 saturated heterocycles. The molecule has 34 heavy (non-hydrogen) atoms. The quantitative estimate of drug-likeness (QED) is 0.405. The molecule has 1 unspecified atom stereocenters. The van der Waals surface area contributed by atoms with Crippen LogP contribution < -0.4 is 11.1 Å². The average molecular weight is 501 g/mol. The number of aromatic nitrogens is 1. The van der Waals surface area contributed by atoms with Gasteiger partial charge in [-0.1, -0.05) is 18.2 Å². The van der Waals surface area contributed by atoms with E-state index in [4.69, 9.17) is 10.7 Å². The predicted octanol–water partition coefficient (Wildman–Crippen LogP) is 4.96. The molecule has 0 saturated carbocycles. The molecule has 0 radical (unpaired) electrons. The number of hydrogen-bond donors (Lipinski definition) is 3. The van der Waals surface area contributed by atoms with Crippen LogP contribution in [0.25, 0.3) is 10.4 Å². The van der Waals surface area contributed by atoms with Crippen LogP contribution in [0.4, 0.5) is 15.2 Å². The summed E-state index contributed by atoms with van der Waals surface area (Å²) in [7, 11) is 0. The van der Waals surface area contributed by atoms with Gasteiger partial charge in [0, 0.05) is 28.8 Å². The molecular weight excluding hydrogens is 471 g/mol. The normalized spacial score (nSPS) is 16.7. The van der Waals surface area contributed by atoms with E-state index in [2.05, 4.69) is 16.5 Å². The minimum atomic E-state index is -1.15. The molecule has 1 aromatic carbocycles. The van der Waals surface area contributed by atoms with Gasteiger partial charge in [0.2, 0.25) is 0 Å². The van der Waals surface area contributed by atoms with Gasteiger partial charge in [-0.15, -0.1) is 11.3 Å². The van der Waals surface area contributed by atoms with E-state index in [1.54, 1.807) is 32.0 Å². The summed E-state index contributed by atoms with van der Waals surface area (Å²) in [5.74, 6) is -0.473. The number of nitrogens with one attached hydrogen (secondary N) is 1. The maximum absolute atomic E-state index is 14.9. The van der Waals surface area contributed by atoms with E-state index in [-0.39, 0.29) is 5.56 Å². The van der Waals surface area contributed by atoms with Crippen molar-refractivity contribution in [1.82, 2.24) is 9.88 Å². The first-order chi connectivity index (χ1) is 16.1. The SMILES string of the molecule is CSC1CCN(Cc2cccc(Nc3sc(-c4ccc(C(C)(C)O)cc4F)cc3C(N)=O)n2)C1. The standard InChI is InChI=1S/C25H29FN4O2S2/c1-25(2,32)15-7-8-18(20(26)11-15)21-12-19(23(27)31)24(34-21)29-22-6-4-5-16(28-22)13-30-10-9-17(14-30)33-3/h4-8,11-12,17,32H,9-10,13-14H2,1-3H3,(H2,27,31)(H,28,29). The lowest BCUT2D eigenvalue weighted by atomic mass is 9.96. The molecule has 1 atom stereocenters. The molecule has 9 heteroatoms. The maximum atomic E-state index is 14.9. The smallest absolute Gasteiger partial charge is 0.251 e. The van der Waals surface area contributed by atoms with Crippen molar-refractivity contribution in [2.45, 2.75) is 37.7 Å². The first-order valence-corrected chi connectivity index (χ1v) is 13.2. The Morgan fingerprint density at radius 3 is 2.79 bits per heavy atom. The van der Waals surface area contributed by atoms with Crippen molar-refractivity contribution < 1.29 is 14.3 Å². The Morgan fingerprint density at radius 1 is 1.35 bits per heavy atom. The molecule has 0 bridgehead atoms. The van der Waals surface area contributed by atoms with Crippen molar-refractivity contribution in [1.29, 1.82) is 0 Å². The third-order valence-corrected chi connectivity index (χ3v) is 8.07. The van der Waals surface area contributed by atoms with Gasteiger partial charge in [-0.3, -0.25) is 9.69 Å². The third-order valence-electron chi connectivity index (χ3n) is 5.93. The van der Waals surface area contributed by atoms with Gasteiger partial charge in [0.05, 0.1) is 16.9 Å². The number of anilines is 2. The molecule has 4 N–H and O–H groups in total. The largest absolute Gasteiger partial charge is 0.386 e. The Bertz CT molecular complexity index is 1190. The van der Waals surface area contributed by atoms with Gasteiger partial charge in [-0.25, -0.2) is 9.37 Å². The number of amides is 1. The molecule has 1 aliphatic heterocycles. The minimum Gasteiger partial charge on any atom is -0.386 e. The molecule has 3 heterocycles. The molecule has 6 nitrogen and oxygen atoms in total. The number of aliphatic hydroxyl groups is 1. The first kappa shape index (κ1) is 24.7. The van der Waals surface area contributed by atoms with Crippen LogP contribution in [-0.2, 0) is 12.1 Å². The molecule has 0 spiro atoms. The molecule has 1 amide bonds. The summed E-state index contributed by atoms with van der Waals surface area (Å²) in [5, 5.41) is 14.5. The molecule has 2 aromatic heterocycles. The van der Waals surface area contributed by atoms with Crippen LogP contribution in [-0.4, -0.2) is 45.5 Å². The highest BCUT2D eigenvalue weighted by Gasteiger charge is 2.23. The summed E-state index contributed by atoms with van der Waals surface area (Å²) in [5.41, 5.74) is 6.50. The Morgan fingerprint density at radius 2 is 2.15 bits per heavy atom. The van der Waals surface area contributed by atoms with Gasteiger partial charge in [0.15, 0.2) is 0 Å². The first-order valence-electron chi connectivity index (χ1n) is 11.1. The van der Waals surface area contributed by atoms with E-state index in [1.165, 1.54) is 23.8 Å². The fourth-order valence-corrected chi connectivity index (χ4v) is 5.81. The van der Waals surface area contributed by atoms with E-state index in [0.29, 0.717) is 32.1 Å². The van der Waals surface area contributed by atoms with Crippen molar-refractivity contribution in [3.63, 3.8) is 0 Å². The number of hydrogen-bond acceptors (Lipinski definition) is 7. The average Bonchev–Trinajstić information content (AvgIpc) is 3.40. The van der Waals surface area contributed by atoms with Crippen LogP contribution in [0.5, 0.6) is 0 Å². The van der Waals surface area contributed by atoms with E-state index in [1.807, 2.05) is 30.0 Å². The molecule has 4 rings (SSSR count). The number of halogens is 1. The number of pyridine rings is 1. The minimum absolute atomic E-state index is 0.278. The summed E-state index contributed by atoms with van der Waals surface area (Å²) in [6, 6.07) is 12.0.